The Bertz CT molecular complexity index is 1030. The van der Waals surface area contributed by atoms with Crippen LogP contribution in [-0.2, 0) is 9.53 Å². The number of carbonyl (C=O) groups is 1. The molecule has 1 aliphatic rings. The summed E-state index contributed by atoms with van der Waals surface area (Å²) in [4.78, 5) is 32.8. The third-order valence-electron chi connectivity index (χ3n) is 4.86. The number of anilines is 1. The van der Waals surface area contributed by atoms with Crippen LogP contribution in [-0.4, -0.2) is 50.3 Å². The van der Waals surface area contributed by atoms with E-state index < -0.39 is 0 Å². The fraction of sp³-hybridized carbons (Fsp3) is 0.429. The summed E-state index contributed by atoms with van der Waals surface area (Å²) >= 11 is 6.63. The van der Waals surface area contributed by atoms with Gasteiger partial charge in [0.05, 0.1) is 10.5 Å². The Kier molecular flexibility index (Phi) is 7.63. The molecule has 1 saturated heterocycles. The summed E-state index contributed by atoms with van der Waals surface area (Å²) in [6.45, 7) is 7.82. The number of carbonyl (C=O) groups excluding carboxylic acids is 1. The van der Waals surface area contributed by atoms with Gasteiger partial charge in [0.15, 0.2) is 0 Å². The van der Waals surface area contributed by atoms with Crippen molar-refractivity contribution < 1.29 is 9.53 Å². The van der Waals surface area contributed by atoms with Crippen molar-refractivity contribution in [2.45, 2.75) is 39.7 Å². The molecule has 1 aliphatic heterocycles. The molecule has 0 spiro atoms. The molecule has 0 saturated carbocycles. The van der Waals surface area contributed by atoms with Crippen molar-refractivity contribution in [3.63, 3.8) is 0 Å². The molecule has 0 aliphatic carbocycles. The van der Waals surface area contributed by atoms with Gasteiger partial charge in [0, 0.05) is 32.0 Å². The molecule has 0 bridgehead atoms. The van der Waals surface area contributed by atoms with E-state index in [-0.39, 0.29) is 17.5 Å². The van der Waals surface area contributed by atoms with Gasteiger partial charge in [-0.25, -0.2) is 4.98 Å². The fourth-order valence-electron chi connectivity index (χ4n) is 3.07. The summed E-state index contributed by atoms with van der Waals surface area (Å²) in [5, 5.41) is 3.23. The highest BCUT2D eigenvalue weighted by molar-refractivity contribution is 8.26. The Morgan fingerprint density at radius 1 is 1.33 bits per heavy atom. The predicted molar refractivity (Wildman–Crippen MR) is 126 cm³/mol. The van der Waals surface area contributed by atoms with E-state index in [2.05, 4.69) is 10.3 Å². The third kappa shape index (κ3) is 4.74. The average molecular weight is 447 g/mol. The van der Waals surface area contributed by atoms with Crippen molar-refractivity contribution in [1.82, 2.24) is 14.3 Å². The Labute approximate surface area is 185 Å². The number of nitrogens with zero attached hydrogens (tertiary/aromatic N) is 3. The quantitative estimate of drug-likeness (QED) is 0.359. The number of aromatic nitrogens is 2. The van der Waals surface area contributed by atoms with Gasteiger partial charge >= 0.3 is 0 Å². The van der Waals surface area contributed by atoms with Gasteiger partial charge in [0.25, 0.3) is 11.5 Å². The third-order valence-corrected chi connectivity index (χ3v) is 6.19. The average Bonchev–Trinajstić information content (AvgIpc) is 3.02. The van der Waals surface area contributed by atoms with E-state index in [4.69, 9.17) is 17.0 Å². The first-order valence-corrected chi connectivity index (χ1v) is 11.3. The lowest BCUT2D eigenvalue weighted by Gasteiger charge is -2.21. The van der Waals surface area contributed by atoms with Crippen LogP contribution in [0, 0.1) is 0 Å². The van der Waals surface area contributed by atoms with Crippen molar-refractivity contribution in [2.24, 2.45) is 0 Å². The first kappa shape index (κ1) is 22.5. The minimum Gasteiger partial charge on any atom is -0.382 e. The number of thiocarbonyl (C=S) groups is 1. The van der Waals surface area contributed by atoms with Crippen molar-refractivity contribution >= 4 is 51.7 Å². The second-order valence-corrected chi connectivity index (χ2v) is 8.57. The second kappa shape index (κ2) is 10.2. The maximum atomic E-state index is 13.2. The molecule has 3 heterocycles. The normalized spacial score (nSPS) is 16.6. The smallest absolute Gasteiger partial charge is 0.267 e. The van der Waals surface area contributed by atoms with Gasteiger partial charge in [0.1, 0.15) is 15.8 Å². The SMILES string of the molecule is CCOCCCNc1nc2ccccn2c(=O)c1C=C1SC(=S)N(C(C)CC)C1=O. The molecule has 1 atom stereocenters. The number of amides is 1. The van der Waals surface area contributed by atoms with Crippen molar-refractivity contribution in [1.29, 1.82) is 0 Å². The minimum absolute atomic E-state index is 0.00962. The lowest BCUT2D eigenvalue weighted by molar-refractivity contribution is -0.123. The molecular formula is C21H26N4O3S2. The molecule has 160 valence electrons. The van der Waals surface area contributed by atoms with E-state index in [9.17, 15) is 9.59 Å². The van der Waals surface area contributed by atoms with Gasteiger partial charge in [-0.05, 0) is 44.9 Å². The summed E-state index contributed by atoms with van der Waals surface area (Å²) in [5.74, 6) is 0.288. The molecule has 2 aromatic rings. The summed E-state index contributed by atoms with van der Waals surface area (Å²) in [7, 11) is 0. The van der Waals surface area contributed by atoms with Crippen LogP contribution >= 0.6 is 24.0 Å². The topological polar surface area (TPSA) is 75.9 Å². The molecule has 9 heteroatoms. The van der Waals surface area contributed by atoms with Gasteiger partial charge in [-0.3, -0.25) is 18.9 Å². The number of rotatable bonds is 9. The number of hydrogen-bond acceptors (Lipinski definition) is 7. The van der Waals surface area contributed by atoms with Crippen LogP contribution in [0.25, 0.3) is 11.7 Å². The summed E-state index contributed by atoms with van der Waals surface area (Å²) < 4.78 is 7.36. The molecule has 2 aromatic heterocycles. The Morgan fingerprint density at radius 3 is 2.87 bits per heavy atom. The molecule has 30 heavy (non-hydrogen) atoms. The zero-order valence-corrected chi connectivity index (χ0v) is 19.0. The maximum Gasteiger partial charge on any atom is 0.267 e. The standard InChI is InChI=1S/C21H26N4O3S2/c1-4-14(3)25-20(27)16(30-21(25)29)13-15-18(22-10-8-12-28-5-2)23-17-9-6-7-11-24(17)19(15)26/h6-7,9,11,13-14,22H,4-5,8,10,12H2,1-3H3. The minimum atomic E-state index is -0.235. The lowest BCUT2D eigenvalue weighted by atomic mass is 10.2. The Hall–Kier alpha value is -2.23. The second-order valence-electron chi connectivity index (χ2n) is 6.89. The predicted octanol–water partition coefficient (Wildman–Crippen LogP) is 3.53. The lowest BCUT2D eigenvalue weighted by Crippen LogP contribution is -2.36. The highest BCUT2D eigenvalue weighted by Gasteiger charge is 2.35. The van der Waals surface area contributed by atoms with E-state index in [1.54, 1.807) is 29.3 Å². The Balaban J connectivity index is 1.99. The number of hydrogen-bond donors (Lipinski definition) is 1. The number of pyridine rings is 1. The van der Waals surface area contributed by atoms with Gasteiger partial charge in [-0.15, -0.1) is 0 Å². The molecule has 1 unspecified atom stereocenters. The summed E-state index contributed by atoms with van der Waals surface area (Å²) in [6.07, 6.45) is 4.86. The highest BCUT2D eigenvalue weighted by Crippen LogP contribution is 2.34. The largest absolute Gasteiger partial charge is 0.382 e. The van der Waals surface area contributed by atoms with Crippen LogP contribution in [0.1, 0.15) is 39.2 Å². The maximum absolute atomic E-state index is 13.2. The van der Waals surface area contributed by atoms with Crippen LogP contribution in [0.15, 0.2) is 34.1 Å². The van der Waals surface area contributed by atoms with E-state index in [1.807, 2.05) is 26.8 Å². The fourth-order valence-corrected chi connectivity index (χ4v) is 4.51. The van der Waals surface area contributed by atoms with Gasteiger partial charge in [-0.2, -0.15) is 0 Å². The van der Waals surface area contributed by atoms with E-state index >= 15 is 0 Å². The molecule has 0 aromatic carbocycles. The molecule has 1 amide bonds. The monoisotopic (exact) mass is 446 g/mol. The molecule has 1 N–H and O–H groups in total. The summed E-state index contributed by atoms with van der Waals surface area (Å²) in [6, 6.07) is 5.39. The first-order chi connectivity index (χ1) is 14.5. The van der Waals surface area contributed by atoms with Crippen molar-refractivity contribution in [2.75, 3.05) is 25.1 Å². The Morgan fingerprint density at radius 2 is 2.13 bits per heavy atom. The van der Waals surface area contributed by atoms with E-state index in [0.29, 0.717) is 46.0 Å². The molecule has 1 fully saturated rings. The zero-order valence-electron chi connectivity index (χ0n) is 17.4. The molecule has 7 nitrogen and oxygen atoms in total. The first-order valence-electron chi connectivity index (χ1n) is 10.1. The van der Waals surface area contributed by atoms with Gasteiger partial charge < -0.3 is 10.1 Å². The molecule has 3 rings (SSSR count). The summed E-state index contributed by atoms with van der Waals surface area (Å²) in [5.41, 5.74) is 0.653. The molecule has 0 radical (unpaired) electrons. The van der Waals surface area contributed by atoms with Crippen molar-refractivity contribution in [3.05, 3.63) is 45.2 Å². The zero-order chi connectivity index (χ0) is 21.7. The van der Waals surface area contributed by atoms with Gasteiger partial charge in [0.2, 0.25) is 0 Å². The number of thioether (sulfide) groups is 1. The van der Waals surface area contributed by atoms with Crippen LogP contribution in [0.4, 0.5) is 5.82 Å². The van der Waals surface area contributed by atoms with Crippen LogP contribution in [0.3, 0.4) is 0 Å². The number of fused-ring (bicyclic) bond motifs is 1. The van der Waals surface area contributed by atoms with Crippen LogP contribution in [0.2, 0.25) is 0 Å². The van der Waals surface area contributed by atoms with Crippen LogP contribution < -0.4 is 10.9 Å². The molecular weight excluding hydrogens is 420 g/mol. The van der Waals surface area contributed by atoms with Crippen molar-refractivity contribution in [3.8, 4) is 0 Å². The van der Waals surface area contributed by atoms with Crippen LogP contribution in [0.5, 0.6) is 0 Å². The number of nitrogens with one attached hydrogen (secondary N) is 1. The number of ether oxygens (including phenoxy) is 1. The van der Waals surface area contributed by atoms with E-state index in [1.165, 1.54) is 16.2 Å². The van der Waals surface area contributed by atoms with E-state index in [0.717, 1.165) is 12.8 Å². The van der Waals surface area contributed by atoms with Gasteiger partial charge in [-0.1, -0.05) is 37.0 Å². The highest BCUT2D eigenvalue weighted by atomic mass is 32.2.